The largest absolute Gasteiger partial charge is 0.492 e. The van der Waals surface area contributed by atoms with Gasteiger partial charge in [-0.3, -0.25) is 4.79 Å². The van der Waals surface area contributed by atoms with E-state index in [1.807, 2.05) is 51.1 Å². The average Bonchev–Trinajstić information content (AvgIpc) is 2.70. The van der Waals surface area contributed by atoms with Crippen LogP contribution in [0.4, 0.5) is 0 Å². The Labute approximate surface area is 184 Å². The third-order valence-corrected chi connectivity index (χ3v) is 6.29. The van der Waals surface area contributed by atoms with Gasteiger partial charge in [0, 0.05) is 6.04 Å². The van der Waals surface area contributed by atoms with E-state index in [1.165, 1.54) is 18.2 Å². The summed E-state index contributed by atoms with van der Waals surface area (Å²) < 4.78 is 33.9. The Morgan fingerprint density at radius 3 is 2.43 bits per heavy atom. The van der Waals surface area contributed by atoms with E-state index in [0.717, 1.165) is 18.4 Å². The zero-order valence-corrected chi connectivity index (χ0v) is 19.1. The van der Waals surface area contributed by atoms with Gasteiger partial charge in [0.05, 0.1) is 16.5 Å². The van der Waals surface area contributed by atoms with Crippen molar-refractivity contribution in [1.82, 2.24) is 10.0 Å². The van der Waals surface area contributed by atoms with Crippen LogP contribution >= 0.6 is 11.6 Å². The predicted molar refractivity (Wildman–Crippen MR) is 119 cm³/mol. The number of halogens is 1. The van der Waals surface area contributed by atoms with Crippen LogP contribution in [-0.2, 0) is 21.2 Å². The number of ether oxygens (including phenoxy) is 1. The molecule has 2 rings (SSSR count). The molecule has 0 heterocycles. The number of amides is 1. The molecule has 0 radical (unpaired) electrons. The van der Waals surface area contributed by atoms with Crippen molar-refractivity contribution in [2.24, 2.45) is 0 Å². The van der Waals surface area contributed by atoms with Gasteiger partial charge in [-0.1, -0.05) is 55.3 Å². The Hall–Kier alpha value is -2.09. The molecule has 0 saturated heterocycles. The van der Waals surface area contributed by atoms with E-state index in [-0.39, 0.29) is 28.3 Å². The zero-order chi connectivity index (χ0) is 22.1. The van der Waals surface area contributed by atoms with Crippen molar-refractivity contribution in [3.63, 3.8) is 0 Å². The highest BCUT2D eigenvalue weighted by molar-refractivity contribution is 7.89. The Kier molecular flexibility index (Phi) is 9.14. The topological polar surface area (TPSA) is 84.5 Å². The van der Waals surface area contributed by atoms with Crippen LogP contribution in [-0.4, -0.2) is 33.0 Å². The maximum absolute atomic E-state index is 13.0. The summed E-state index contributed by atoms with van der Waals surface area (Å²) in [5, 5.41) is 3.10. The van der Waals surface area contributed by atoms with Gasteiger partial charge in [-0.2, -0.15) is 4.72 Å². The normalized spacial score (nSPS) is 13.5. The molecule has 2 aromatic rings. The minimum atomic E-state index is -3.98. The van der Waals surface area contributed by atoms with Crippen LogP contribution in [0.3, 0.4) is 0 Å². The molecule has 8 heteroatoms. The monoisotopic (exact) mass is 452 g/mol. The molecule has 0 spiro atoms. The number of nitrogens with one attached hydrogen (secondary N) is 2. The van der Waals surface area contributed by atoms with Gasteiger partial charge in [-0.05, 0) is 50.5 Å². The fraction of sp³-hybridized carbons (Fsp3) is 0.409. The van der Waals surface area contributed by atoms with Crippen molar-refractivity contribution in [3.8, 4) is 5.75 Å². The minimum absolute atomic E-state index is 0.0246. The van der Waals surface area contributed by atoms with Gasteiger partial charge in [-0.15, -0.1) is 0 Å². The van der Waals surface area contributed by atoms with Crippen molar-refractivity contribution in [1.29, 1.82) is 0 Å². The van der Waals surface area contributed by atoms with Crippen LogP contribution < -0.4 is 14.8 Å². The quantitative estimate of drug-likeness (QED) is 0.541. The number of sulfonamides is 1. The van der Waals surface area contributed by atoms with Crippen LogP contribution in [0.2, 0.25) is 5.02 Å². The van der Waals surface area contributed by atoms with E-state index >= 15 is 0 Å². The first-order chi connectivity index (χ1) is 14.3. The third-order valence-electron chi connectivity index (χ3n) is 4.52. The Balaban J connectivity index is 2.26. The number of benzene rings is 2. The lowest BCUT2D eigenvalue weighted by Crippen LogP contribution is -2.50. The molecule has 1 amide bonds. The second-order valence-corrected chi connectivity index (χ2v) is 9.21. The molecular weight excluding hydrogens is 424 g/mol. The molecule has 0 saturated carbocycles. The Bertz CT molecular complexity index is 935. The van der Waals surface area contributed by atoms with Crippen LogP contribution in [0.15, 0.2) is 53.4 Å². The summed E-state index contributed by atoms with van der Waals surface area (Å²) >= 11 is 6.15. The van der Waals surface area contributed by atoms with E-state index in [2.05, 4.69) is 10.0 Å². The summed E-state index contributed by atoms with van der Waals surface area (Å²) in [5.74, 6) is 0.0468. The molecule has 2 atom stereocenters. The molecule has 0 bridgehead atoms. The van der Waals surface area contributed by atoms with Gasteiger partial charge in [0.1, 0.15) is 11.8 Å². The molecule has 164 valence electrons. The van der Waals surface area contributed by atoms with E-state index in [9.17, 15) is 13.2 Å². The Morgan fingerprint density at radius 1 is 1.13 bits per heavy atom. The maximum atomic E-state index is 13.0. The maximum Gasteiger partial charge on any atom is 0.241 e. The highest BCUT2D eigenvalue weighted by Gasteiger charge is 2.27. The lowest BCUT2D eigenvalue weighted by molar-refractivity contribution is -0.123. The fourth-order valence-corrected chi connectivity index (χ4v) is 4.58. The van der Waals surface area contributed by atoms with Crippen LogP contribution in [0, 0.1) is 0 Å². The SMILES string of the molecule is CCC[C@@H](C)NC(=O)[C@@H](Cc1ccccc1)NS(=O)(=O)c1ccc(OCC)c(Cl)c1. The first-order valence-electron chi connectivity index (χ1n) is 10.1. The van der Waals surface area contributed by atoms with Gasteiger partial charge < -0.3 is 10.1 Å². The standard InChI is InChI=1S/C22H29ClN2O4S/c1-4-9-16(3)24-22(26)20(14-17-10-7-6-8-11-17)25-30(27,28)18-12-13-21(29-5-2)19(23)15-18/h6-8,10-13,15-16,20,25H,4-5,9,14H2,1-3H3,(H,24,26)/t16-,20-/m1/s1. The molecule has 6 nitrogen and oxygen atoms in total. The lowest BCUT2D eigenvalue weighted by Gasteiger charge is -2.21. The van der Waals surface area contributed by atoms with Crippen LogP contribution in [0.25, 0.3) is 0 Å². The first-order valence-corrected chi connectivity index (χ1v) is 11.9. The Morgan fingerprint density at radius 2 is 1.83 bits per heavy atom. The molecule has 0 aliphatic rings. The van der Waals surface area contributed by atoms with Crippen LogP contribution in [0.5, 0.6) is 5.75 Å². The molecule has 30 heavy (non-hydrogen) atoms. The second-order valence-electron chi connectivity index (χ2n) is 7.09. The summed E-state index contributed by atoms with van der Waals surface area (Å²) in [5.41, 5.74) is 0.855. The van der Waals surface area contributed by atoms with Crippen molar-refractivity contribution in [3.05, 3.63) is 59.1 Å². The van der Waals surface area contributed by atoms with Crippen molar-refractivity contribution < 1.29 is 17.9 Å². The summed E-state index contributed by atoms with van der Waals surface area (Å²) in [6.07, 6.45) is 1.96. The predicted octanol–water partition coefficient (Wildman–Crippen LogP) is 3.93. The number of carbonyl (C=O) groups is 1. The number of hydrogen-bond donors (Lipinski definition) is 2. The summed E-state index contributed by atoms with van der Waals surface area (Å²) in [6, 6.07) is 12.5. The van der Waals surface area contributed by atoms with E-state index in [0.29, 0.717) is 12.4 Å². The number of carbonyl (C=O) groups excluding carboxylic acids is 1. The fourth-order valence-electron chi connectivity index (χ4n) is 3.06. The van der Waals surface area contributed by atoms with E-state index < -0.39 is 16.1 Å². The third kappa shape index (κ3) is 7.00. The highest BCUT2D eigenvalue weighted by Crippen LogP contribution is 2.27. The minimum Gasteiger partial charge on any atom is -0.492 e. The van der Waals surface area contributed by atoms with Gasteiger partial charge in [0.15, 0.2) is 0 Å². The molecular formula is C22H29ClN2O4S. The van der Waals surface area contributed by atoms with E-state index in [4.69, 9.17) is 16.3 Å². The lowest BCUT2D eigenvalue weighted by atomic mass is 10.1. The van der Waals surface area contributed by atoms with Gasteiger partial charge in [0.25, 0.3) is 0 Å². The molecule has 0 fully saturated rings. The van der Waals surface area contributed by atoms with E-state index in [1.54, 1.807) is 0 Å². The smallest absolute Gasteiger partial charge is 0.241 e. The zero-order valence-electron chi connectivity index (χ0n) is 17.5. The molecule has 2 N–H and O–H groups in total. The number of hydrogen-bond acceptors (Lipinski definition) is 4. The molecule has 0 aliphatic heterocycles. The molecule has 2 aromatic carbocycles. The molecule has 0 unspecified atom stereocenters. The van der Waals surface area contributed by atoms with Crippen molar-refractivity contribution in [2.45, 2.75) is 57.0 Å². The summed E-state index contributed by atoms with van der Waals surface area (Å²) in [6.45, 7) is 6.17. The molecule has 0 aliphatic carbocycles. The summed E-state index contributed by atoms with van der Waals surface area (Å²) in [4.78, 5) is 12.8. The highest BCUT2D eigenvalue weighted by atomic mass is 35.5. The van der Waals surface area contributed by atoms with Crippen molar-refractivity contribution >= 4 is 27.5 Å². The average molecular weight is 453 g/mol. The molecule has 0 aromatic heterocycles. The van der Waals surface area contributed by atoms with Crippen LogP contribution in [0.1, 0.15) is 39.2 Å². The van der Waals surface area contributed by atoms with Gasteiger partial charge in [0.2, 0.25) is 15.9 Å². The summed E-state index contributed by atoms with van der Waals surface area (Å²) in [7, 11) is -3.98. The van der Waals surface area contributed by atoms with Gasteiger partial charge in [-0.25, -0.2) is 8.42 Å². The second kappa shape index (κ2) is 11.3. The van der Waals surface area contributed by atoms with Gasteiger partial charge >= 0.3 is 0 Å². The first kappa shape index (κ1) is 24.2. The van der Waals surface area contributed by atoms with Crippen molar-refractivity contribution in [2.75, 3.05) is 6.61 Å². The number of rotatable bonds is 11.